The third-order valence-corrected chi connectivity index (χ3v) is 1.21. The average molecular weight is 108 g/mol. The zero-order valence-electron chi connectivity index (χ0n) is 5.99. The first-order valence-electron chi connectivity index (χ1n) is 2.80. The first kappa shape index (κ1) is 7.54. The Morgan fingerprint density at radius 1 is 1.62 bits per heavy atom. The highest BCUT2D eigenvalue weighted by molar-refractivity contribution is 6.17. The minimum atomic E-state index is 0.196. The molecule has 0 saturated carbocycles. The zero-order chi connectivity index (χ0) is 6.78. The van der Waals surface area contributed by atoms with Crippen molar-refractivity contribution in [1.29, 1.82) is 0 Å². The lowest BCUT2D eigenvalue weighted by molar-refractivity contribution is 0.825. The molecule has 0 aromatic rings. The predicted molar refractivity (Wildman–Crippen MR) is 41.9 cm³/mol. The van der Waals surface area contributed by atoms with Crippen LogP contribution in [0.25, 0.3) is 0 Å². The van der Waals surface area contributed by atoms with E-state index < -0.39 is 0 Å². The van der Waals surface area contributed by atoms with Gasteiger partial charge in [0.1, 0.15) is 7.85 Å². The highest BCUT2D eigenvalue weighted by Crippen LogP contribution is 2.28. The van der Waals surface area contributed by atoms with E-state index in [0.29, 0.717) is 0 Å². The van der Waals surface area contributed by atoms with Crippen LogP contribution >= 0.6 is 0 Å². The van der Waals surface area contributed by atoms with E-state index in [4.69, 9.17) is 0 Å². The first-order valence-corrected chi connectivity index (χ1v) is 2.80. The Kier molecular flexibility index (Phi) is 2.08. The van der Waals surface area contributed by atoms with Gasteiger partial charge in [-0.1, -0.05) is 38.7 Å². The van der Waals surface area contributed by atoms with Crippen LogP contribution in [-0.2, 0) is 0 Å². The van der Waals surface area contributed by atoms with Crippen LogP contribution in [0.4, 0.5) is 0 Å². The van der Waals surface area contributed by atoms with Gasteiger partial charge in [-0.15, -0.1) is 0 Å². The molecular formula is C7H13B. The summed E-state index contributed by atoms with van der Waals surface area (Å²) in [5, 5.41) is 0.196. The summed E-state index contributed by atoms with van der Waals surface area (Å²) in [4.78, 5) is 0. The van der Waals surface area contributed by atoms with Crippen molar-refractivity contribution in [3.63, 3.8) is 0 Å². The lowest BCUT2D eigenvalue weighted by Gasteiger charge is -2.17. The van der Waals surface area contributed by atoms with Gasteiger partial charge in [-0.05, 0) is 5.31 Å². The Labute approximate surface area is 52.7 Å². The summed E-state index contributed by atoms with van der Waals surface area (Å²) in [5.74, 6) is 0. The quantitative estimate of drug-likeness (QED) is 0.372. The number of hydrogen-bond donors (Lipinski definition) is 0. The second-order valence-corrected chi connectivity index (χ2v) is 2.98. The fraction of sp³-hybridized carbons (Fsp3) is 0.429. The molecule has 0 unspecified atom stereocenters. The van der Waals surface area contributed by atoms with Crippen molar-refractivity contribution in [3.8, 4) is 0 Å². The van der Waals surface area contributed by atoms with Gasteiger partial charge in [0.05, 0.1) is 0 Å². The van der Waals surface area contributed by atoms with Crippen molar-refractivity contribution in [1.82, 2.24) is 0 Å². The third-order valence-electron chi connectivity index (χ3n) is 1.21. The molecule has 0 aliphatic heterocycles. The molecule has 0 aromatic carbocycles. The third kappa shape index (κ3) is 2.01. The minimum Gasteiger partial charge on any atom is -0.0988 e. The second-order valence-electron chi connectivity index (χ2n) is 2.98. The lowest BCUT2D eigenvalue weighted by Crippen LogP contribution is -2.02. The van der Waals surface area contributed by atoms with Crippen LogP contribution in [0.5, 0.6) is 0 Å². The summed E-state index contributed by atoms with van der Waals surface area (Å²) in [5.41, 5.74) is 1.09. The lowest BCUT2D eigenvalue weighted by atomic mass is 9.67. The van der Waals surface area contributed by atoms with E-state index in [-0.39, 0.29) is 5.31 Å². The van der Waals surface area contributed by atoms with Crippen molar-refractivity contribution in [2.75, 3.05) is 0 Å². The van der Waals surface area contributed by atoms with Crippen molar-refractivity contribution in [3.05, 3.63) is 24.8 Å². The Balaban J connectivity index is 4.02. The Bertz CT molecular complexity index is 106. The van der Waals surface area contributed by atoms with E-state index in [1.807, 2.05) is 0 Å². The molecule has 0 aliphatic rings. The molecule has 1 heteroatoms. The molecule has 0 N–H and O–H groups in total. The van der Waals surface area contributed by atoms with Crippen molar-refractivity contribution in [2.24, 2.45) is 0 Å². The molecule has 0 spiro atoms. The molecular weight excluding hydrogens is 94.9 g/mol. The molecule has 0 amide bonds. The summed E-state index contributed by atoms with van der Waals surface area (Å²) in [7, 11) is 2.12. The Morgan fingerprint density at radius 2 is 2.00 bits per heavy atom. The van der Waals surface area contributed by atoms with Gasteiger partial charge in [-0.2, -0.15) is 0 Å². The molecule has 0 aromatic heterocycles. The van der Waals surface area contributed by atoms with E-state index in [2.05, 4.69) is 34.9 Å². The fourth-order valence-electron chi connectivity index (χ4n) is 0.306. The van der Waals surface area contributed by atoms with Crippen molar-refractivity contribution >= 4 is 7.85 Å². The van der Waals surface area contributed by atoms with Gasteiger partial charge in [-0.3, -0.25) is 0 Å². The molecule has 0 nitrogen and oxygen atoms in total. The molecule has 0 atom stereocenters. The number of rotatable bonds is 2. The SMILES string of the molecule is BC(C)(C)C(=C)C=C. The summed E-state index contributed by atoms with van der Waals surface area (Å²) >= 11 is 0. The molecule has 44 valence electrons. The fourth-order valence-corrected chi connectivity index (χ4v) is 0.306. The first-order chi connectivity index (χ1) is 3.48. The predicted octanol–water partition coefficient (Wildman–Crippen LogP) is 1.56. The van der Waals surface area contributed by atoms with Crippen molar-refractivity contribution in [2.45, 2.75) is 19.2 Å². The largest absolute Gasteiger partial charge is 0.114 e. The molecule has 0 saturated heterocycles. The monoisotopic (exact) mass is 108 g/mol. The van der Waals surface area contributed by atoms with Gasteiger partial charge in [0, 0.05) is 0 Å². The van der Waals surface area contributed by atoms with Crippen LogP contribution in [0.3, 0.4) is 0 Å². The van der Waals surface area contributed by atoms with Gasteiger partial charge in [0.15, 0.2) is 0 Å². The summed E-state index contributed by atoms with van der Waals surface area (Å²) in [6.45, 7) is 11.7. The minimum absolute atomic E-state index is 0.196. The standard InChI is InChI=1S/C7H13B/c1-5-6(2)7(3,4)8/h5H,1-2,8H2,3-4H3. The molecule has 0 bridgehead atoms. The van der Waals surface area contributed by atoms with Gasteiger partial charge in [-0.25, -0.2) is 0 Å². The maximum absolute atomic E-state index is 3.83. The van der Waals surface area contributed by atoms with Gasteiger partial charge >= 0.3 is 0 Å². The molecule has 8 heavy (non-hydrogen) atoms. The van der Waals surface area contributed by atoms with E-state index in [0.717, 1.165) is 5.57 Å². The molecule has 0 fully saturated rings. The van der Waals surface area contributed by atoms with Crippen LogP contribution in [0.1, 0.15) is 13.8 Å². The van der Waals surface area contributed by atoms with E-state index >= 15 is 0 Å². The maximum Gasteiger partial charge on any atom is 0.114 e. The molecule has 0 aliphatic carbocycles. The Hall–Kier alpha value is -0.455. The van der Waals surface area contributed by atoms with Crippen LogP contribution in [0.15, 0.2) is 24.8 Å². The zero-order valence-corrected chi connectivity index (χ0v) is 5.99. The number of hydrogen-bond acceptors (Lipinski definition) is 0. The van der Waals surface area contributed by atoms with E-state index in [1.54, 1.807) is 6.08 Å². The van der Waals surface area contributed by atoms with Crippen molar-refractivity contribution < 1.29 is 0 Å². The highest BCUT2D eigenvalue weighted by Gasteiger charge is 2.10. The average Bonchev–Trinajstić information content (AvgIpc) is 1.62. The smallest absolute Gasteiger partial charge is 0.0988 e. The van der Waals surface area contributed by atoms with Crippen LogP contribution in [0, 0.1) is 0 Å². The Morgan fingerprint density at radius 3 is 2.00 bits per heavy atom. The summed E-state index contributed by atoms with van der Waals surface area (Å²) in [6.07, 6.45) is 1.81. The summed E-state index contributed by atoms with van der Waals surface area (Å²) < 4.78 is 0. The van der Waals surface area contributed by atoms with Crippen LogP contribution < -0.4 is 0 Å². The van der Waals surface area contributed by atoms with E-state index in [1.165, 1.54) is 0 Å². The van der Waals surface area contributed by atoms with Gasteiger partial charge in [0.25, 0.3) is 0 Å². The molecule has 0 rings (SSSR count). The summed E-state index contributed by atoms with van der Waals surface area (Å²) in [6, 6.07) is 0. The van der Waals surface area contributed by atoms with Gasteiger partial charge in [0.2, 0.25) is 0 Å². The van der Waals surface area contributed by atoms with Gasteiger partial charge < -0.3 is 0 Å². The highest BCUT2D eigenvalue weighted by atomic mass is 14.1. The molecule has 0 radical (unpaired) electrons. The maximum atomic E-state index is 3.83. The van der Waals surface area contributed by atoms with Crippen LogP contribution in [-0.4, -0.2) is 7.85 Å². The van der Waals surface area contributed by atoms with E-state index in [9.17, 15) is 0 Å². The number of allylic oxidation sites excluding steroid dienone is 2. The molecule has 0 heterocycles. The normalized spacial score (nSPS) is 10.8. The van der Waals surface area contributed by atoms with Crippen LogP contribution in [0.2, 0.25) is 5.31 Å². The topological polar surface area (TPSA) is 0 Å². The second kappa shape index (κ2) is 2.21.